The Bertz CT molecular complexity index is 753. The van der Waals surface area contributed by atoms with Crippen LogP contribution in [0.2, 0.25) is 0 Å². The van der Waals surface area contributed by atoms with Gasteiger partial charge in [-0.15, -0.1) is 11.8 Å². The Hall–Kier alpha value is -1.94. The molecule has 3 nitrogen and oxygen atoms in total. The van der Waals surface area contributed by atoms with Gasteiger partial charge >= 0.3 is 0 Å². The molecule has 120 valence electrons. The Morgan fingerprint density at radius 3 is 2.43 bits per heavy atom. The lowest BCUT2D eigenvalue weighted by Crippen LogP contribution is -2.15. The van der Waals surface area contributed by atoms with Gasteiger partial charge in [-0.3, -0.25) is 4.79 Å². The zero-order valence-electron chi connectivity index (χ0n) is 13.6. The second-order valence-electron chi connectivity index (χ2n) is 5.77. The van der Waals surface area contributed by atoms with Gasteiger partial charge in [-0.05, 0) is 61.7 Å². The Morgan fingerprint density at radius 2 is 1.65 bits per heavy atom. The number of Topliss-reactive ketones (excluding diaryl/α,β-unsaturated/α-hetero) is 1. The summed E-state index contributed by atoms with van der Waals surface area (Å²) in [5.41, 5.74) is 4.24. The van der Waals surface area contributed by atoms with E-state index in [9.17, 15) is 4.79 Å². The van der Waals surface area contributed by atoms with Crippen molar-refractivity contribution in [2.45, 2.75) is 25.7 Å². The topological polar surface area (TPSA) is 35.5 Å². The Balaban J connectivity index is 1.71. The third-order valence-corrected chi connectivity index (χ3v) is 5.02. The first-order valence-electron chi connectivity index (χ1n) is 7.68. The van der Waals surface area contributed by atoms with E-state index in [1.54, 1.807) is 0 Å². The van der Waals surface area contributed by atoms with E-state index >= 15 is 0 Å². The minimum atomic E-state index is 0.158. The molecule has 0 N–H and O–H groups in total. The summed E-state index contributed by atoms with van der Waals surface area (Å²) in [6.45, 7) is 7.26. The van der Waals surface area contributed by atoms with Crippen LogP contribution in [-0.4, -0.2) is 24.7 Å². The molecule has 0 amide bonds. The van der Waals surface area contributed by atoms with Crippen molar-refractivity contribution in [1.29, 1.82) is 0 Å². The van der Waals surface area contributed by atoms with Crippen LogP contribution in [0.1, 0.15) is 27.0 Å². The second kappa shape index (κ2) is 6.67. The van der Waals surface area contributed by atoms with Crippen LogP contribution in [0.25, 0.3) is 0 Å². The van der Waals surface area contributed by atoms with Crippen LogP contribution in [0, 0.1) is 20.8 Å². The summed E-state index contributed by atoms with van der Waals surface area (Å²) in [4.78, 5) is 13.5. The van der Waals surface area contributed by atoms with Gasteiger partial charge in [0.2, 0.25) is 0 Å². The molecule has 0 aromatic heterocycles. The number of hydrogen-bond donors (Lipinski definition) is 0. The van der Waals surface area contributed by atoms with Crippen LogP contribution in [-0.2, 0) is 0 Å². The largest absolute Gasteiger partial charge is 0.486 e. The van der Waals surface area contributed by atoms with E-state index < -0.39 is 0 Å². The number of ether oxygens (including phenoxy) is 2. The van der Waals surface area contributed by atoms with E-state index in [-0.39, 0.29) is 5.78 Å². The fraction of sp³-hybridized carbons (Fsp3) is 0.316. The highest BCUT2D eigenvalue weighted by atomic mass is 32.2. The molecule has 0 atom stereocenters. The van der Waals surface area contributed by atoms with Gasteiger partial charge in [-0.25, -0.2) is 0 Å². The Kier molecular flexibility index (Phi) is 4.62. The summed E-state index contributed by atoms with van der Waals surface area (Å²) in [7, 11) is 0. The molecule has 2 aromatic carbocycles. The van der Waals surface area contributed by atoms with E-state index in [0.717, 1.165) is 33.1 Å². The first-order chi connectivity index (χ1) is 11.0. The summed E-state index contributed by atoms with van der Waals surface area (Å²) in [5, 5.41) is 0. The quantitative estimate of drug-likeness (QED) is 0.617. The SMILES string of the molecule is Cc1cc(C)c(C(=O)CSc2ccc3c(c2)OCCO3)cc1C. The molecule has 0 unspecified atom stereocenters. The number of carbonyl (C=O) groups excluding carboxylic acids is 1. The highest BCUT2D eigenvalue weighted by Crippen LogP contribution is 2.34. The highest BCUT2D eigenvalue weighted by Gasteiger charge is 2.14. The van der Waals surface area contributed by atoms with Gasteiger partial charge in [0.05, 0.1) is 5.75 Å². The molecule has 0 aliphatic carbocycles. The van der Waals surface area contributed by atoms with Crippen LogP contribution in [0.3, 0.4) is 0 Å². The minimum Gasteiger partial charge on any atom is -0.486 e. The summed E-state index contributed by atoms with van der Waals surface area (Å²) >= 11 is 1.53. The summed E-state index contributed by atoms with van der Waals surface area (Å²) in [6.07, 6.45) is 0. The van der Waals surface area contributed by atoms with Crippen molar-refractivity contribution in [1.82, 2.24) is 0 Å². The fourth-order valence-electron chi connectivity index (χ4n) is 2.60. The number of carbonyl (C=O) groups is 1. The van der Waals surface area contributed by atoms with E-state index in [4.69, 9.17) is 9.47 Å². The molecule has 0 radical (unpaired) electrons. The summed E-state index contributed by atoms with van der Waals surface area (Å²) < 4.78 is 11.1. The number of aryl methyl sites for hydroxylation is 3. The van der Waals surface area contributed by atoms with Crippen molar-refractivity contribution < 1.29 is 14.3 Å². The van der Waals surface area contributed by atoms with Gasteiger partial charge in [-0.2, -0.15) is 0 Å². The normalized spacial score (nSPS) is 13.0. The maximum atomic E-state index is 12.5. The van der Waals surface area contributed by atoms with Crippen molar-refractivity contribution in [3.63, 3.8) is 0 Å². The predicted octanol–water partition coefficient (Wildman–Crippen LogP) is 4.36. The molecule has 0 fully saturated rings. The molecular formula is C19H20O3S. The van der Waals surface area contributed by atoms with Crippen molar-refractivity contribution in [2.75, 3.05) is 19.0 Å². The lowest BCUT2D eigenvalue weighted by Gasteiger charge is -2.18. The standard InChI is InChI=1S/C19H20O3S/c1-12-8-14(3)16(9-13(12)2)17(20)11-23-15-4-5-18-19(10-15)22-7-6-21-18/h4-5,8-10H,6-7,11H2,1-3H3. The zero-order chi connectivity index (χ0) is 16.4. The summed E-state index contributed by atoms with van der Waals surface area (Å²) in [6, 6.07) is 9.90. The molecular weight excluding hydrogens is 308 g/mol. The molecule has 1 aliphatic rings. The molecule has 0 saturated carbocycles. The molecule has 2 aromatic rings. The molecule has 3 rings (SSSR count). The van der Waals surface area contributed by atoms with Crippen molar-refractivity contribution in [3.8, 4) is 11.5 Å². The van der Waals surface area contributed by atoms with Crippen LogP contribution >= 0.6 is 11.8 Å². The van der Waals surface area contributed by atoms with Crippen molar-refractivity contribution >= 4 is 17.5 Å². The van der Waals surface area contributed by atoms with E-state index in [1.807, 2.05) is 38.1 Å². The Morgan fingerprint density at radius 1 is 0.957 bits per heavy atom. The maximum absolute atomic E-state index is 12.5. The minimum absolute atomic E-state index is 0.158. The first-order valence-corrected chi connectivity index (χ1v) is 8.66. The van der Waals surface area contributed by atoms with Gasteiger partial charge in [0.15, 0.2) is 17.3 Å². The maximum Gasteiger partial charge on any atom is 0.173 e. The molecule has 1 heterocycles. The average Bonchev–Trinajstić information content (AvgIpc) is 2.55. The summed E-state index contributed by atoms with van der Waals surface area (Å²) in [5.74, 6) is 2.11. The van der Waals surface area contributed by atoms with Gasteiger partial charge in [0, 0.05) is 10.5 Å². The van der Waals surface area contributed by atoms with Gasteiger partial charge in [-0.1, -0.05) is 6.07 Å². The van der Waals surface area contributed by atoms with Crippen LogP contribution < -0.4 is 9.47 Å². The van der Waals surface area contributed by atoms with Gasteiger partial charge in [0.1, 0.15) is 13.2 Å². The number of fused-ring (bicyclic) bond motifs is 1. The van der Waals surface area contributed by atoms with Crippen LogP contribution in [0.4, 0.5) is 0 Å². The highest BCUT2D eigenvalue weighted by molar-refractivity contribution is 8.00. The third-order valence-electron chi connectivity index (χ3n) is 4.02. The van der Waals surface area contributed by atoms with E-state index in [0.29, 0.717) is 19.0 Å². The zero-order valence-corrected chi connectivity index (χ0v) is 14.5. The smallest absolute Gasteiger partial charge is 0.173 e. The van der Waals surface area contributed by atoms with E-state index in [2.05, 4.69) is 13.0 Å². The van der Waals surface area contributed by atoms with Gasteiger partial charge in [0.25, 0.3) is 0 Å². The lowest BCUT2D eigenvalue weighted by atomic mass is 9.99. The number of hydrogen-bond acceptors (Lipinski definition) is 4. The van der Waals surface area contributed by atoms with Crippen molar-refractivity contribution in [3.05, 3.63) is 52.6 Å². The molecule has 4 heteroatoms. The van der Waals surface area contributed by atoms with Gasteiger partial charge < -0.3 is 9.47 Å². The van der Waals surface area contributed by atoms with E-state index in [1.165, 1.54) is 17.3 Å². The Labute approximate surface area is 141 Å². The number of benzene rings is 2. The number of ketones is 1. The molecule has 0 bridgehead atoms. The lowest BCUT2D eigenvalue weighted by molar-refractivity contribution is 0.102. The van der Waals surface area contributed by atoms with Crippen molar-refractivity contribution in [2.24, 2.45) is 0 Å². The first kappa shape index (κ1) is 15.9. The predicted molar refractivity (Wildman–Crippen MR) is 93.1 cm³/mol. The number of rotatable bonds is 4. The third kappa shape index (κ3) is 3.53. The van der Waals surface area contributed by atoms with Crippen LogP contribution in [0.5, 0.6) is 11.5 Å². The number of thioether (sulfide) groups is 1. The molecule has 0 spiro atoms. The molecule has 1 aliphatic heterocycles. The fourth-order valence-corrected chi connectivity index (χ4v) is 3.41. The van der Waals surface area contributed by atoms with Crippen LogP contribution in [0.15, 0.2) is 35.2 Å². The molecule has 23 heavy (non-hydrogen) atoms. The monoisotopic (exact) mass is 328 g/mol. The second-order valence-corrected chi connectivity index (χ2v) is 6.82. The average molecular weight is 328 g/mol. The molecule has 0 saturated heterocycles.